The largest absolute Gasteiger partial charge is 0.344 e. The van der Waals surface area contributed by atoms with Crippen LogP contribution in [-0.4, -0.2) is 37.6 Å². The molecule has 0 bridgehead atoms. The highest BCUT2D eigenvalue weighted by molar-refractivity contribution is 7.54. The van der Waals surface area contributed by atoms with Gasteiger partial charge in [-0.15, -0.1) is 11.6 Å². The molecule has 94 valence electrons. The number of hydroxylamine groups is 2. The fraction of sp³-hybridized carbons (Fsp3) is 0.800. The monoisotopic (exact) mass is 265 g/mol. The van der Waals surface area contributed by atoms with E-state index in [-0.39, 0.29) is 25.3 Å². The first-order chi connectivity index (χ1) is 5.75. The molecular formula is C5H17ClN3O5P. The molecule has 15 heavy (non-hydrogen) atoms. The third kappa shape index (κ3) is 8.76. The summed E-state index contributed by atoms with van der Waals surface area (Å²) in [5, 5.41) is 7.79. The molecule has 1 atom stereocenters. The van der Waals surface area contributed by atoms with Crippen LogP contribution in [0, 0.1) is 0 Å². The Hall–Kier alpha value is -0.210. The predicted molar refractivity (Wildman–Crippen MR) is 55.5 cm³/mol. The number of nitrogens with zero attached hydrogens (tertiary/aromatic N) is 1. The van der Waals surface area contributed by atoms with Crippen molar-refractivity contribution in [2.24, 2.45) is 0 Å². The Morgan fingerprint density at radius 1 is 1.47 bits per heavy atom. The van der Waals surface area contributed by atoms with Gasteiger partial charge in [0.25, 0.3) is 0 Å². The lowest BCUT2D eigenvalue weighted by Gasteiger charge is -2.15. The van der Waals surface area contributed by atoms with Crippen LogP contribution in [-0.2, 0) is 9.36 Å². The predicted octanol–water partition coefficient (Wildman–Crippen LogP) is 0.681. The highest BCUT2D eigenvalue weighted by Crippen LogP contribution is 2.45. The molecule has 0 rings (SSSR count). The van der Waals surface area contributed by atoms with E-state index < -0.39 is 18.6 Å². The van der Waals surface area contributed by atoms with Gasteiger partial charge in [-0.25, -0.2) is 5.06 Å². The minimum absolute atomic E-state index is 0. The molecule has 10 heteroatoms. The van der Waals surface area contributed by atoms with Gasteiger partial charge < -0.3 is 22.1 Å². The minimum atomic E-state index is -4.33. The van der Waals surface area contributed by atoms with Crippen LogP contribution in [0.3, 0.4) is 0 Å². The summed E-state index contributed by atoms with van der Waals surface area (Å²) in [4.78, 5) is 27.5. The Bertz CT molecular complexity index is 235. The highest BCUT2D eigenvalue weighted by Gasteiger charge is 2.26. The Morgan fingerprint density at radius 3 is 2.13 bits per heavy atom. The second-order valence-corrected chi connectivity index (χ2v) is 5.09. The van der Waals surface area contributed by atoms with Crippen LogP contribution in [0.1, 0.15) is 13.3 Å². The van der Waals surface area contributed by atoms with Gasteiger partial charge in [0.2, 0.25) is 5.91 Å². The molecule has 1 amide bonds. The van der Waals surface area contributed by atoms with Crippen LogP contribution in [0.15, 0.2) is 0 Å². The van der Waals surface area contributed by atoms with Gasteiger partial charge in [0.1, 0.15) is 5.12 Å². The van der Waals surface area contributed by atoms with E-state index in [4.69, 9.17) is 26.6 Å². The fourth-order valence-corrected chi connectivity index (χ4v) is 1.10. The molecular weight excluding hydrogens is 248 g/mol. The summed E-state index contributed by atoms with van der Waals surface area (Å²) in [5.41, 5.74) is 0. The van der Waals surface area contributed by atoms with Gasteiger partial charge in [-0.05, 0) is 6.42 Å². The van der Waals surface area contributed by atoms with Crippen molar-refractivity contribution in [3.05, 3.63) is 0 Å². The molecule has 9 N–H and O–H groups in total. The lowest BCUT2D eigenvalue weighted by molar-refractivity contribution is -0.162. The first kappa shape index (κ1) is 20.2. The number of rotatable bonds is 4. The molecule has 0 heterocycles. The molecule has 0 aromatic heterocycles. The molecule has 0 saturated carbocycles. The molecule has 0 radical (unpaired) electrons. The van der Waals surface area contributed by atoms with Crippen LogP contribution in [0.2, 0.25) is 0 Å². The molecule has 1 unspecified atom stereocenters. The molecule has 0 saturated heterocycles. The summed E-state index contributed by atoms with van der Waals surface area (Å²) in [5.74, 6) is -0.602. The van der Waals surface area contributed by atoms with Crippen molar-refractivity contribution in [2.45, 2.75) is 18.5 Å². The molecule has 8 nitrogen and oxygen atoms in total. The Kier molecular flexibility index (Phi) is 10.8. The standard InChI is InChI=1S/C5H11ClNO5P.2H3N/c1-4(8)7(9)3-2-5(6)13(10,11)12;;/h5,9H,2-3H2,1H3,(H2,10,11,12);2*1H3. The van der Waals surface area contributed by atoms with Gasteiger partial charge in [-0.1, -0.05) is 0 Å². The molecule has 0 fully saturated rings. The van der Waals surface area contributed by atoms with E-state index in [0.717, 1.165) is 6.92 Å². The smallest absolute Gasteiger partial charge is 0.343 e. The van der Waals surface area contributed by atoms with Gasteiger partial charge in [-0.3, -0.25) is 14.6 Å². The van der Waals surface area contributed by atoms with Crippen molar-refractivity contribution < 1.29 is 24.4 Å². The maximum Gasteiger partial charge on any atom is 0.343 e. The molecule has 0 aliphatic rings. The Morgan fingerprint density at radius 2 is 1.87 bits per heavy atom. The van der Waals surface area contributed by atoms with Gasteiger partial charge >= 0.3 is 7.60 Å². The van der Waals surface area contributed by atoms with Crippen molar-refractivity contribution in [1.82, 2.24) is 17.4 Å². The van der Waals surface area contributed by atoms with Crippen molar-refractivity contribution in [3.63, 3.8) is 0 Å². The third-order valence-corrected chi connectivity index (χ3v) is 3.28. The van der Waals surface area contributed by atoms with E-state index >= 15 is 0 Å². The molecule has 0 aliphatic carbocycles. The van der Waals surface area contributed by atoms with Crippen LogP contribution in [0.5, 0.6) is 0 Å². The Balaban J connectivity index is -0.000000720. The number of amides is 1. The van der Waals surface area contributed by atoms with Crippen LogP contribution >= 0.6 is 19.2 Å². The topological polar surface area (TPSA) is 168 Å². The van der Waals surface area contributed by atoms with Crippen LogP contribution < -0.4 is 12.3 Å². The number of halogens is 1. The second-order valence-electron chi connectivity index (χ2n) is 2.45. The first-order valence-electron chi connectivity index (χ1n) is 3.41. The molecule has 0 aromatic rings. The zero-order valence-corrected chi connectivity index (χ0v) is 9.99. The molecule has 0 spiro atoms. The SMILES string of the molecule is CC(=O)N(O)CCC(Cl)P(=O)(O)O.N.N. The summed E-state index contributed by atoms with van der Waals surface area (Å²) in [6.07, 6.45) is -0.165. The first-order valence-corrected chi connectivity index (χ1v) is 5.53. The quantitative estimate of drug-likeness (QED) is 0.215. The molecule has 0 aromatic carbocycles. The van der Waals surface area contributed by atoms with Crippen LogP contribution in [0.4, 0.5) is 0 Å². The van der Waals surface area contributed by atoms with Crippen molar-refractivity contribution in [1.29, 1.82) is 0 Å². The third-order valence-electron chi connectivity index (χ3n) is 1.31. The lowest BCUT2D eigenvalue weighted by Crippen LogP contribution is -2.27. The lowest BCUT2D eigenvalue weighted by atomic mass is 10.4. The van der Waals surface area contributed by atoms with E-state index in [0.29, 0.717) is 5.06 Å². The molecule has 0 aliphatic heterocycles. The van der Waals surface area contributed by atoms with Gasteiger partial charge in [0.05, 0.1) is 6.54 Å². The van der Waals surface area contributed by atoms with E-state index in [2.05, 4.69) is 0 Å². The summed E-state index contributed by atoms with van der Waals surface area (Å²) in [7, 11) is -4.33. The average Bonchev–Trinajstić information content (AvgIpc) is 1.97. The van der Waals surface area contributed by atoms with Crippen molar-refractivity contribution in [2.75, 3.05) is 6.54 Å². The number of alkyl halides is 1. The minimum Gasteiger partial charge on any atom is -0.344 e. The van der Waals surface area contributed by atoms with Gasteiger partial charge in [-0.2, -0.15) is 0 Å². The summed E-state index contributed by atoms with van der Waals surface area (Å²) in [6, 6.07) is 0. The van der Waals surface area contributed by atoms with E-state index in [9.17, 15) is 9.36 Å². The zero-order chi connectivity index (χ0) is 10.6. The zero-order valence-electron chi connectivity index (χ0n) is 8.34. The van der Waals surface area contributed by atoms with E-state index in [1.165, 1.54) is 0 Å². The number of hydrogen-bond donors (Lipinski definition) is 5. The van der Waals surface area contributed by atoms with Crippen molar-refractivity contribution >= 4 is 25.1 Å². The van der Waals surface area contributed by atoms with Gasteiger partial charge in [0.15, 0.2) is 0 Å². The van der Waals surface area contributed by atoms with Crippen molar-refractivity contribution in [3.8, 4) is 0 Å². The normalized spacial score (nSPS) is 12.1. The summed E-state index contributed by atoms with van der Waals surface area (Å²) >= 11 is 5.29. The Labute approximate surface area is 92.5 Å². The summed E-state index contributed by atoms with van der Waals surface area (Å²) in [6.45, 7) is 0.926. The number of carbonyl (C=O) groups is 1. The van der Waals surface area contributed by atoms with Gasteiger partial charge in [0, 0.05) is 6.92 Å². The second kappa shape index (κ2) is 8.00. The number of hydrogen-bond acceptors (Lipinski definition) is 5. The summed E-state index contributed by atoms with van der Waals surface area (Å²) < 4.78 is 10.5. The maximum absolute atomic E-state index is 10.5. The van der Waals surface area contributed by atoms with Crippen LogP contribution in [0.25, 0.3) is 0 Å². The maximum atomic E-state index is 10.5. The number of carbonyl (C=O) groups excluding carboxylic acids is 1. The average molecular weight is 266 g/mol. The highest BCUT2D eigenvalue weighted by atomic mass is 35.5. The van der Waals surface area contributed by atoms with E-state index in [1.54, 1.807) is 0 Å². The fourth-order valence-electron chi connectivity index (χ4n) is 0.554. The van der Waals surface area contributed by atoms with E-state index in [1.807, 2.05) is 0 Å².